The molecule has 2 N–H and O–H groups in total. The summed E-state index contributed by atoms with van der Waals surface area (Å²) in [5.41, 5.74) is 5.29. The summed E-state index contributed by atoms with van der Waals surface area (Å²) in [6.45, 7) is 4.24. The van der Waals surface area contributed by atoms with E-state index < -0.39 is 0 Å². The van der Waals surface area contributed by atoms with Gasteiger partial charge in [-0.2, -0.15) is 0 Å². The summed E-state index contributed by atoms with van der Waals surface area (Å²) < 4.78 is 0. The summed E-state index contributed by atoms with van der Waals surface area (Å²) in [5, 5.41) is 0. The zero-order chi connectivity index (χ0) is 21.4. The SMILES string of the molecule is CCCCCCCCCCCCCCCCCCCCCCCCC(C)C(N)=O. The van der Waals surface area contributed by atoms with Crippen molar-refractivity contribution in [3.05, 3.63) is 0 Å². The molecule has 0 radical (unpaired) electrons. The molecule has 0 aromatic carbocycles. The van der Waals surface area contributed by atoms with E-state index in [0.717, 1.165) is 12.8 Å². The molecule has 0 aliphatic carbocycles. The third kappa shape index (κ3) is 23.6. The van der Waals surface area contributed by atoms with Crippen LogP contribution in [0, 0.1) is 5.92 Å². The lowest BCUT2D eigenvalue weighted by molar-refractivity contribution is -0.121. The fraction of sp³-hybridized carbons (Fsp3) is 0.963. The highest BCUT2D eigenvalue weighted by molar-refractivity contribution is 5.76. The van der Waals surface area contributed by atoms with Crippen LogP contribution in [0.3, 0.4) is 0 Å². The predicted octanol–water partition coefficient (Wildman–Crippen LogP) is 9.10. The van der Waals surface area contributed by atoms with Crippen molar-refractivity contribution in [1.29, 1.82) is 0 Å². The van der Waals surface area contributed by atoms with Gasteiger partial charge in [0.15, 0.2) is 0 Å². The van der Waals surface area contributed by atoms with Crippen LogP contribution in [0.4, 0.5) is 0 Å². The minimum atomic E-state index is -0.145. The van der Waals surface area contributed by atoms with Crippen LogP contribution in [0.1, 0.15) is 162 Å². The van der Waals surface area contributed by atoms with E-state index >= 15 is 0 Å². The summed E-state index contributed by atoms with van der Waals surface area (Å²) in [4.78, 5) is 11.0. The molecule has 29 heavy (non-hydrogen) atoms. The van der Waals surface area contributed by atoms with Crippen LogP contribution in [-0.4, -0.2) is 5.91 Å². The van der Waals surface area contributed by atoms with Crippen LogP contribution in [0.25, 0.3) is 0 Å². The molecular weight excluding hydrogens is 354 g/mol. The summed E-state index contributed by atoms with van der Waals surface area (Å²) in [7, 11) is 0. The zero-order valence-corrected chi connectivity index (χ0v) is 20.3. The maximum absolute atomic E-state index is 11.0. The largest absolute Gasteiger partial charge is 0.369 e. The maximum Gasteiger partial charge on any atom is 0.220 e. The lowest BCUT2D eigenvalue weighted by atomic mass is 10.0. The second-order valence-corrected chi connectivity index (χ2v) is 9.52. The topological polar surface area (TPSA) is 43.1 Å². The molecule has 0 spiro atoms. The minimum Gasteiger partial charge on any atom is -0.369 e. The van der Waals surface area contributed by atoms with E-state index in [1.807, 2.05) is 6.92 Å². The lowest BCUT2D eigenvalue weighted by Crippen LogP contribution is -2.20. The van der Waals surface area contributed by atoms with Crippen LogP contribution < -0.4 is 5.73 Å². The monoisotopic (exact) mass is 409 g/mol. The van der Waals surface area contributed by atoms with E-state index in [2.05, 4.69) is 6.92 Å². The Bertz CT molecular complexity index is 328. The Kier molecular flexibility index (Phi) is 23.3. The quantitative estimate of drug-likeness (QED) is 0.159. The average molecular weight is 410 g/mol. The number of unbranched alkanes of at least 4 members (excludes halogenated alkanes) is 21. The van der Waals surface area contributed by atoms with E-state index in [1.165, 1.54) is 135 Å². The zero-order valence-electron chi connectivity index (χ0n) is 20.3. The molecule has 0 aliphatic rings. The normalized spacial score (nSPS) is 12.3. The van der Waals surface area contributed by atoms with Gasteiger partial charge in [-0.15, -0.1) is 0 Å². The molecule has 0 bridgehead atoms. The fourth-order valence-electron chi connectivity index (χ4n) is 4.20. The van der Waals surface area contributed by atoms with Gasteiger partial charge in [0.25, 0.3) is 0 Å². The summed E-state index contributed by atoms with van der Waals surface area (Å²) >= 11 is 0. The lowest BCUT2D eigenvalue weighted by Gasteiger charge is -2.06. The molecule has 0 aromatic heterocycles. The number of rotatable bonds is 24. The molecule has 1 unspecified atom stereocenters. The molecule has 2 nitrogen and oxygen atoms in total. The van der Waals surface area contributed by atoms with Gasteiger partial charge in [0.05, 0.1) is 0 Å². The van der Waals surface area contributed by atoms with Crippen LogP contribution in [-0.2, 0) is 4.79 Å². The van der Waals surface area contributed by atoms with E-state index in [9.17, 15) is 4.79 Å². The standard InChI is InChI=1S/C27H55NO/c1-3-4-5-6-7-8-9-10-11-12-13-14-15-16-17-18-19-20-21-22-23-24-25-26(2)27(28)29/h26H,3-25H2,1-2H3,(H2,28,29). The van der Waals surface area contributed by atoms with Gasteiger partial charge in [-0.1, -0.05) is 155 Å². The maximum atomic E-state index is 11.0. The smallest absolute Gasteiger partial charge is 0.220 e. The molecule has 1 atom stereocenters. The van der Waals surface area contributed by atoms with Crippen LogP contribution in [0.5, 0.6) is 0 Å². The van der Waals surface area contributed by atoms with E-state index in [-0.39, 0.29) is 11.8 Å². The van der Waals surface area contributed by atoms with Gasteiger partial charge in [-0.3, -0.25) is 4.79 Å². The average Bonchev–Trinajstić information content (AvgIpc) is 2.71. The molecule has 0 aliphatic heterocycles. The summed E-state index contributed by atoms with van der Waals surface area (Å²) in [5.74, 6) is -0.0893. The molecule has 2 heteroatoms. The first-order valence-electron chi connectivity index (χ1n) is 13.5. The van der Waals surface area contributed by atoms with Crippen molar-refractivity contribution in [2.75, 3.05) is 0 Å². The number of primary amides is 1. The Morgan fingerprint density at radius 2 is 0.759 bits per heavy atom. The number of carbonyl (C=O) groups excluding carboxylic acids is 1. The molecule has 0 heterocycles. The Hall–Kier alpha value is -0.530. The number of hydrogen-bond donors (Lipinski definition) is 1. The molecule has 0 aromatic rings. The van der Waals surface area contributed by atoms with Gasteiger partial charge in [-0.25, -0.2) is 0 Å². The van der Waals surface area contributed by atoms with Crippen molar-refractivity contribution in [3.63, 3.8) is 0 Å². The number of amides is 1. The van der Waals surface area contributed by atoms with Gasteiger partial charge in [0, 0.05) is 5.92 Å². The minimum absolute atomic E-state index is 0.0557. The summed E-state index contributed by atoms with van der Waals surface area (Å²) in [6, 6.07) is 0. The van der Waals surface area contributed by atoms with E-state index in [0.29, 0.717) is 0 Å². The highest BCUT2D eigenvalue weighted by Gasteiger charge is 2.07. The fourth-order valence-corrected chi connectivity index (χ4v) is 4.20. The molecule has 174 valence electrons. The second kappa shape index (κ2) is 23.7. The van der Waals surface area contributed by atoms with Crippen molar-refractivity contribution in [3.8, 4) is 0 Å². The number of carbonyl (C=O) groups is 1. The highest BCUT2D eigenvalue weighted by atomic mass is 16.1. The Balaban J connectivity index is 3.04. The first-order valence-corrected chi connectivity index (χ1v) is 13.5. The Morgan fingerprint density at radius 3 is 1.00 bits per heavy atom. The Morgan fingerprint density at radius 1 is 0.517 bits per heavy atom. The van der Waals surface area contributed by atoms with Gasteiger partial charge in [-0.05, 0) is 6.42 Å². The van der Waals surface area contributed by atoms with Gasteiger partial charge < -0.3 is 5.73 Å². The van der Waals surface area contributed by atoms with Crippen molar-refractivity contribution in [2.24, 2.45) is 11.7 Å². The van der Waals surface area contributed by atoms with E-state index in [1.54, 1.807) is 0 Å². The van der Waals surface area contributed by atoms with Crippen LogP contribution >= 0.6 is 0 Å². The van der Waals surface area contributed by atoms with Gasteiger partial charge >= 0.3 is 0 Å². The van der Waals surface area contributed by atoms with E-state index in [4.69, 9.17) is 5.73 Å². The third-order valence-corrected chi connectivity index (χ3v) is 6.48. The van der Waals surface area contributed by atoms with Crippen LogP contribution in [0.2, 0.25) is 0 Å². The predicted molar refractivity (Wildman–Crippen MR) is 130 cm³/mol. The van der Waals surface area contributed by atoms with Crippen LogP contribution in [0.15, 0.2) is 0 Å². The molecule has 0 fully saturated rings. The molecule has 0 rings (SSSR count). The van der Waals surface area contributed by atoms with Crippen molar-refractivity contribution >= 4 is 5.91 Å². The number of nitrogens with two attached hydrogens (primary N) is 1. The Labute approximate surface area is 184 Å². The first-order chi connectivity index (χ1) is 14.2. The molecule has 0 saturated carbocycles. The first kappa shape index (κ1) is 28.5. The molecule has 1 amide bonds. The highest BCUT2D eigenvalue weighted by Crippen LogP contribution is 2.16. The van der Waals surface area contributed by atoms with Gasteiger partial charge in [0.1, 0.15) is 0 Å². The molecular formula is C27H55NO. The second-order valence-electron chi connectivity index (χ2n) is 9.52. The molecule has 0 saturated heterocycles. The summed E-state index contributed by atoms with van der Waals surface area (Å²) in [6.07, 6.45) is 32.1. The van der Waals surface area contributed by atoms with Crippen molar-refractivity contribution in [1.82, 2.24) is 0 Å². The van der Waals surface area contributed by atoms with Crippen molar-refractivity contribution < 1.29 is 4.79 Å². The van der Waals surface area contributed by atoms with Crippen molar-refractivity contribution in [2.45, 2.75) is 162 Å². The van der Waals surface area contributed by atoms with Gasteiger partial charge in [0.2, 0.25) is 5.91 Å². The number of hydrogen-bond acceptors (Lipinski definition) is 1. The third-order valence-electron chi connectivity index (χ3n) is 6.48.